The first-order valence-corrected chi connectivity index (χ1v) is 6.89. The number of likely N-dealkylation sites (N-methyl/N-ethyl adjacent to an activating group) is 1. The summed E-state index contributed by atoms with van der Waals surface area (Å²) in [7, 11) is 0. The number of halogens is 1. The maximum absolute atomic E-state index is 13.6. The van der Waals surface area contributed by atoms with Gasteiger partial charge in [-0.05, 0) is 56.3 Å². The van der Waals surface area contributed by atoms with Gasteiger partial charge < -0.3 is 10.6 Å². The second-order valence-corrected chi connectivity index (χ2v) is 5.08. The van der Waals surface area contributed by atoms with Crippen LogP contribution in [0.15, 0.2) is 18.2 Å². The van der Waals surface area contributed by atoms with Gasteiger partial charge >= 0.3 is 0 Å². The van der Waals surface area contributed by atoms with E-state index in [-0.39, 0.29) is 23.7 Å². The van der Waals surface area contributed by atoms with E-state index in [1.165, 1.54) is 6.07 Å². The summed E-state index contributed by atoms with van der Waals surface area (Å²) in [4.78, 5) is 11.9. The minimum atomic E-state index is -0.165. The van der Waals surface area contributed by atoms with E-state index in [1.54, 1.807) is 6.07 Å². The standard InChI is InChI=1S/C15H21FN2O/c1-3-17-15(19)14-9-11(7-8-18-14)12-5-4-6-13(16)10(12)2/h4-6,11,14,18H,3,7-9H2,1-2H3,(H,17,19). The highest BCUT2D eigenvalue weighted by atomic mass is 19.1. The van der Waals surface area contributed by atoms with Crippen LogP contribution in [0, 0.1) is 12.7 Å². The molecule has 1 aromatic carbocycles. The van der Waals surface area contributed by atoms with Gasteiger partial charge in [-0.3, -0.25) is 4.79 Å². The number of piperidine rings is 1. The van der Waals surface area contributed by atoms with Crippen LogP contribution < -0.4 is 10.6 Å². The van der Waals surface area contributed by atoms with E-state index >= 15 is 0 Å². The smallest absolute Gasteiger partial charge is 0.237 e. The third-order valence-electron chi connectivity index (χ3n) is 3.82. The molecular weight excluding hydrogens is 243 g/mol. The Morgan fingerprint density at radius 3 is 3.05 bits per heavy atom. The van der Waals surface area contributed by atoms with Gasteiger partial charge in [0.25, 0.3) is 0 Å². The Morgan fingerprint density at radius 2 is 2.32 bits per heavy atom. The zero-order valence-electron chi connectivity index (χ0n) is 11.5. The largest absolute Gasteiger partial charge is 0.355 e. The summed E-state index contributed by atoms with van der Waals surface area (Å²) in [6.07, 6.45) is 1.68. The first-order valence-electron chi connectivity index (χ1n) is 6.89. The van der Waals surface area contributed by atoms with E-state index in [0.717, 1.165) is 24.9 Å². The molecule has 3 nitrogen and oxygen atoms in total. The summed E-state index contributed by atoms with van der Waals surface area (Å²) in [5, 5.41) is 6.07. The van der Waals surface area contributed by atoms with E-state index < -0.39 is 0 Å². The van der Waals surface area contributed by atoms with Crippen LogP contribution in [0.1, 0.15) is 36.8 Å². The molecule has 0 aliphatic carbocycles. The molecule has 0 radical (unpaired) electrons. The molecule has 2 N–H and O–H groups in total. The molecule has 1 saturated heterocycles. The average molecular weight is 264 g/mol. The third kappa shape index (κ3) is 3.13. The molecule has 4 heteroatoms. The van der Waals surface area contributed by atoms with Gasteiger partial charge in [-0.25, -0.2) is 4.39 Å². The monoisotopic (exact) mass is 264 g/mol. The predicted molar refractivity (Wildman–Crippen MR) is 73.6 cm³/mol. The predicted octanol–water partition coefficient (Wildman–Crippen LogP) is 2.11. The Kier molecular flexibility index (Phi) is 4.53. The Hall–Kier alpha value is -1.42. The Morgan fingerprint density at radius 1 is 1.53 bits per heavy atom. The lowest BCUT2D eigenvalue weighted by Gasteiger charge is -2.30. The van der Waals surface area contributed by atoms with Crippen molar-refractivity contribution in [3.05, 3.63) is 35.1 Å². The minimum Gasteiger partial charge on any atom is -0.355 e. The average Bonchev–Trinajstić information content (AvgIpc) is 2.42. The number of benzene rings is 1. The molecule has 1 fully saturated rings. The van der Waals surface area contributed by atoms with E-state index in [0.29, 0.717) is 12.1 Å². The van der Waals surface area contributed by atoms with Crippen molar-refractivity contribution in [2.75, 3.05) is 13.1 Å². The van der Waals surface area contributed by atoms with Crippen LogP contribution in [0.5, 0.6) is 0 Å². The second kappa shape index (κ2) is 6.15. The number of hydrogen-bond donors (Lipinski definition) is 2. The van der Waals surface area contributed by atoms with Gasteiger partial charge in [-0.2, -0.15) is 0 Å². The SMILES string of the molecule is CCNC(=O)C1CC(c2cccc(F)c2C)CCN1. The minimum absolute atomic E-state index is 0.0428. The van der Waals surface area contributed by atoms with Crippen molar-refractivity contribution >= 4 is 5.91 Å². The summed E-state index contributed by atoms with van der Waals surface area (Å²) < 4.78 is 13.6. The highest BCUT2D eigenvalue weighted by molar-refractivity contribution is 5.81. The Balaban J connectivity index is 2.13. The van der Waals surface area contributed by atoms with Gasteiger partial charge in [0.15, 0.2) is 0 Å². The lowest BCUT2D eigenvalue weighted by molar-refractivity contribution is -0.123. The van der Waals surface area contributed by atoms with Crippen molar-refractivity contribution in [3.63, 3.8) is 0 Å². The van der Waals surface area contributed by atoms with Crippen LogP contribution in [0.4, 0.5) is 4.39 Å². The van der Waals surface area contributed by atoms with Crippen LogP contribution in [0.25, 0.3) is 0 Å². The van der Waals surface area contributed by atoms with Crippen LogP contribution in [-0.4, -0.2) is 25.0 Å². The summed E-state index contributed by atoms with van der Waals surface area (Å²) in [5.74, 6) is 0.136. The van der Waals surface area contributed by atoms with Crippen molar-refractivity contribution in [1.82, 2.24) is 10.6 Å². The normalized spacial score (nSPS) is 23.1. The van der Waals surface area contributed by atoms with E-state index in [4.69, 9.17) is 0 Å². The first kappa shape index (κ1) is 14.0. The molecule has 0 aromatic heterocycles. The maximum Gasteiger partial charge on any atom is 0.237 e. The number of carbonyl (C=O) groups excluding carboxylic acids is 1. The maximum atomic E-state index is 13.6. The molecule has 104 valence electrons. The lowest BCUT2D eigenvalue weighted by Crippen LogP contribution is -2.48. The van der Waals surface area contributed by atoms with Gasteiger partial charge in [-0.15, -0.1) is 0 Å². The summed E-state index contributed by atoms with van der Waals surface area (Å²) >= 11 is 0. The van der Waals surface area contributed by atoms with Crippen LogP contribution in [-0.2, 0) is 4.79 Å². The van der Waals surface area contributed by atoms with E-state index in [2.05, 4.69) is 10.6 Å². The molecular formula is C15H21FN2O. The molecule has 1 amide bonds. The lowest BCUT2D eigenvalue weighted by atomic mass is 9.84. The van der Waals surface area contributed by atoms with Gasteiger partial charge in [0.05, 0.1) is 6.04 Å². The summed E-state index contributed by atoms with van der Waals surface area (Å²) in [5.41, 5.74) is 1.75. The fourth-order valence-corrected chi connectivity index (χ4v) is 2.76. The Bertz CT molecular complexity index is 461. The van der Waals surface area contributed by atoms with E-state index in [9.17, 15) is 9.18 Å². The number of nitrogens with one attached hydrogen (secondary N) is 2. The molecule has 0 bridgehead atoms. The third-order valence-corrected chi connectivity index (χ3v) is 3.82. The Labute approximate surface area is 113 Å². The number of carbonyl (C=O) groups is 1. The van der Waals surface area contributed by atoms with Crippen LogP contribution in [0.2, 0.25) is 0 Å². The van der Waals surface area contributed by atoms with Crippen LogP contribution in [0.3, 0.4) is 0 Å². The molecule has 1 aliphatic rings. The quantitative estimate of drug-likeness (QED) is 0.878. The summed E-state index contributed by atoms with van der Waals surface area (Å²) in [6, 6.07) is 5.05. The topological polar surface area (TPSA) is 41.1 Å². The van der Waals surface area contributed by atoms with Crippen LogP contribution >= 0.6 is 0 Å². The van der Waals surface area contributed by atoms with E-state index in [1.807, 2.05) is 19.9 Å². The number of amides is 1. The van der Waals surface area contributed by atoms with Crippen molar-refractivity contribution < 1.29 is 9.18 Å². The number of hydrogen-bond acceptors (Lipinski definition) is 2. The second-order valence-electron chi connectivity index (χ2n) is 5.08. The van der Waals surface area contributed by atoms with Crippen molar-refractivity contribution in [3.8, 4) is 0 Å². The molecule has 2 unspecified atom stereocenters. The number of rotatable bonds is 3. The van der Waals surface area contributed by atoms with Gasteiger partial charge in [0, 0.05) is 6.54 Å². The van der Waals surface area contributed by atoms with Crippen molar-refractivity contribution in [2.45, 2.75) is 38.6 Å². The molecule has 1 aromatic rings. The summed E-state index contributed by atoms with van der Waals surface area (Å²) in [6.45, 7) is 5.16. The van der Waals surface area contributed by atoms with Crippen molar-refractivity contribution in [2.24, 2.45) is 0 Å². The fraction of sp³-hybridized carbons (Fsp3) is 0.533. The molecule has 2 rings (SSSR count). The molecule has 1 heterocycles. The highest BCUT2D eigenvalue weighted by Crippen LogP contribution is 2.30. The zero-order valence-corrected chi connectivity index (χ0v) is 11.5. The van der Waals surface area contributed by atoms with Gasteiger partial charge in [0.1, 0.15) is 5.82 Å². The zero-order chi connectivity index (χ0) is 13.8. The first-order chi connectivity index (χ1) is 9.13. The molecule has 2 atom stereocenters. The molecule has 1 aliphatic heterocycles. The van der Waals surface area contributed by atoms with Crippen molar-refractivity contribution in [1.29, 1.82) is 0 Å². The molecule has 0 saturated carbocycles. The van der Waals surface area contributed by atoms with Gasteiger partial charge in [-0.1, -0.05) is 12.1 Å². The van der Waals surface area contributed by atoms with Gasteiger partial charge in [0.2, 0.25) is 5.91 Å². The highest BCUT2D eigenvalue weighted by Gasteiger charge is 2.28. The molecule has 0 spiro atoms. The molecule has 19 heavy (non-hydrogen) atoms. The fourth-order valence-electron chi connectivity index (χ4n) is 2.76.